The van der Waals surface area contributed by atoms with Crippen LogP contribution in [0, 0.1) is 0 Å². The minimum absolute atomic E-state index is 0.661. The van der Waals surface area contributed by atoms with Gasteiger partial charge >= 0.3 is 0 Å². The van der Waals surface area contributed by atoms with Crippen molar-refractivity contribution in [3.8, 4) is 0 Å². The van der Waals surface area contributed by atoms with Crippen molar-refractivity contribution >= 4 is 5.69 Å². The van der Waals surface area contributed by atoms with Crippen LogP contribution >= 0.6 is 0 Å². The van der Waals surface area contributed by atoms with E-state index in [0.29, 0.717) is 12.1 Å². The molecule has 2 aliphatic rings. The van der Waals surface area contributed by atoms with Crippen molar-refractivity contribution in [1.82, 2.24) is 5.32 Å². The summed E-state index contributed by atoms with van der Waals surface area (Å²) in [5, 5.41) is 3.55. The number of hydrogen-bond donors (Lipinski definition) is 1. The molecule has 3 atom stereocenters. The molecule has 0 amide bonds. The second kappa shape index (κ2) is 4.34. The zero-order valence-corrected chi connectivity index (χ0v) is 10.8. The lowest BCUT2D eigenvalue weighted by Crippen LogP contribution is -2.48. The summed E-state index contributed by atoms with van der Waals surface area (Å²) in [6.07, 6.45) is 3.77. The summed E-state index contributed by atoms with van der Waals surface area (Å²) in [5.41, 5.74) is 3.02. The highest BCUT2D eigenvalue weighted by atomic mass is 15.2. The Balaban J connectivity index is 1.87. The Bertz CT molecular complexity index is 402. The van der Waals surface area contributed by atoms with Crippen LogP contribution in [0.3, 0.4) is 0 Å². The number of benzene rings is 1. The van der Waals surface area contributed by atoms with Crippen molar-refractivity contribution in [1.29, 1.82) is 0 Å². The zero-order valence-electron chi connectivity index (χ0n) is 10.8. The highest BCUT2D eigenvalue weighted by Crippen LogP contribution is 2.35. The molecule has 3 rings (SSSR count). The van der Waals surface area contributed by atoms with Crippen molar-refractivity contribution in [3.05, 3.63) is 29.8 Å². The van der Waals surface area contributed by atoms with E-state index in [9.17, 15) is 0 Å². The van der Waals surface area contributed by atoms with Crippen LogP contribution < -0.4 is 10.2 Å². The number of fused-ring (bicyclic) bond motifs is 1. The number of anilines is 1. The first-order valence-corrected chi connectivity index (χ1v) is 6.85. The highest BCUT2D eigenvalue weighted by molar-refractivity contribution is 5.60. The van der Waals surface area contributed by atoms with E-state index in [0.717, 1.165) is 12.6 Å². The largest absolute Gasteiger partial charge is 0.365 e. The number of nitrogens with zero attached hydrogens (tertiary/aromatic N) is 1. The summed E-state index contributed by atoms with van der Waals surface area (Å²) in [7, 11) is 0. The maximum Gasteiger partial charge on any atom is 0.0404 e. The number of piperidine rings is 1. The molecule has 3 unspecified atom stereocenters. The molecule has 1 aromatic rings. The Morgan fingerprint density at radius 2 is 2.06 bits per heavy atom. The van der Waals surface area contributed by atoms with Gasteiger partial charge < -0.3 is 10.2 Å². The molecule has 0 aromatic heterocycles. The Morgan fingerprint density at radius 3 is 2.88 bits per heavy atom. The van der Waals surface area contributed by atoms with Gasteiger partial charge in [0.1, 0.15) is 0 Å². The molecule has 1 aromatic carbocycles. The first kappa shape index (κ1) is 11.1. The summed E-state index contributed by atoms with van der Waals surface area (Å²) in [6.45, 7) is 5.84. The van der Waals surface area contributed by atoms with Crippen molar-refractivity contribution in [3.63, 3.8) is 0 Å². The second-order valence-electron chi connectivity index (χ2n) is 5.62. The average Bonchev–Trinajstić information content (AvgIpc) is 2.64. The van der Waals surface area contributed by atoms with E-state index in [1.807, 2.05) is 0 Å². The van der Waals surface area contributed by atoms with Gasteiger partial charge in [-0.1, -0.05) is 18.2 Å². The fraction of sp³-hybridized carbons (Fsp3) is 0.600. The van der Waals surface area contributed by atoms with E-state index in [1.54, 1.807) is 0 Å². The van der Waals surface area contributed by atoms with Crippen LogP contribution in [0.4, 0.5) is 5.69 Å². The highest BCUT2D eigenvalue weighted by Gasteiger charge is 2.33. The van der Waals surface area contributed by atoms with Crippen LogP contribution in [0.15, 0.2) is 24.3 Å². The van der Waals surface area contributed by atoms with E-state index in [2.05, 4.69) is 48.3 Å². The topological polar surface area (TPSA) is 15.3 Å². The molecular weight excluding hydrogens is 208 g/mol. The molecule has 0 spiro atoms. The van der Waals surface area contributed by atoms with E-state index in [-0.39, 0.29) is 0 Å². The molecule has 2 nitrogen and oxygen atoms in total. The molecule has 1 saturated heterocycles. The molecule has 0 aliphatic carbocycles. The maximum absolute atomic E-state index is 3.55. The summed E-state index contributed by atoms with van der Waals surface area (Å²) in [4.78, 5) is 2.67. The van der Waals surface area contributed by atoms with Gasteiger partial charge in [0.05, 0.1) is 0 Å². The molecule has 17 heavy (non-hydrogen) atoms. The molecular formula is C15H22N2. The van der Waals surface area contributed by atoms with Gasteiger partial charge in [-0.15, -0.1) is 0 Å². The van der Waals surface area contributed by atoms with Crippen LogP contribution in [-0.4, -0.2) is 24.7 Å². The molecule has 2 heterocycles. The first-order chi connectivity index (χ1) is 8.25. The minimum Gasteiger partial charge on any atom is -0.365 e. The Kier molecular flexibility index (Phi) is 2.83. The third kappa shape index (κ3) is 1.95. The molecule has 2 aliphatic heterocycles. The normalized spacial score (nSPS) is 32.6. The fourth-order valence-electron chi connectivity index (χ4n) is 3.50. The number of nitrogens with one attached hydrogen (secondary N) is 1. The SMILES string of the molecule is CC1CC(N2c3ccccc3CC2C)CCN1. The van der Waals surface area contributed by atoms with Crippen LogP contribution in [0.25, 0.3) is 0 Å². The molecule has 1 N–H and O–H groups in total. The maximum atomic E-state index is 3.55. The van der Waals surface area contributed by atoms with Crippen molar-refractivity contribution in [2.24, 2.45) is 0 Å². The number of hydrogen-bond acceptors (Lipinski definition) is 2. The van der Waals surface area contributed by atoms with Gasteiger partial charge in [-0.3, -0.25) is 0 Å². The first-order valence-electron chi connectivity index (χ1n) is 6.85. The third-order valence-electron chi connectivity index (χ3n) is 4.25. The van der Waals surface area contributed by atoms with E-state index in [1.165, 1.54) is 30.5 Å². The van der Waals surface area contributed by atoms with E-state index < -0.39 is 0 Å². The molecule has 92 valence electrons. The quantitative estimate of drug-likeness (QED) is 0.797. The summed E-state index contributed by atoms with van der Waals surface area (Å²) < 4.78 is 0. The lowest BCUT2D eigenvalue weighted by molar-refractivity contribution is 0.354. The fourth-order valence-corrected chi connectivity index (χ4v) is 3.50. The Labute approximate surface area is 104 Å². The lowest BCUT2D eigenvalue weighted by Gasteiger charge is -2.39. The van der Waals surface area contributed by atoms with Crippen LogP contribution in [0.5, 0.6) is 0 Å². The number of para-hydroxylation sites is 1. The van der Waals surface area contributed by atoms with Gasteiger partial charge in [-0.2, -0.15) is 0 Å². The van der Waals surface area contributed by atoms with Gasteiger partial charge in [0.25, 0.3) is 0 Å². The third-order valence-corrected chi connectivity index (χ3v) is 4.25. The van der Waals surface area contributed by atoms with E-state index in [4.69, 9.17) is 0 Å². The van der Waals surface area contributed by atoms with Gasteiger partial charge in [0.15, 0.2) is 0 Å². The van der Waals surface area contributed by atoms with Crippen LogP contribution in [0.2, 0.25) is 0 Å². The van der Waals surface area contributed by atoms with Gasteiger partial charge in [0.2, 0.25) is 0 Å². The minimum atomic E-state index is 0.661. The Morgan fingerprint density at radius 1 is 1.24 bits per heavy atom. The molecule has 2 heteroatoms. The van der Waals surface area contributed by atoms with Gasteiger partial charge in [0, 0.05) is 23.8 Å². The lowest BCUT2D eigenvalue weighted by atomic mass is 9.98. The van der Waals surface area contributed by atoms with Gasteiger partial charge in [-0.05, 0) is 51.3 Å². The molecule has 0 bridgehead atoms. The van der Waals surface area contributed by atoms with E-state index >= 15 is 0 Å². The predicted molar refractivity (Wildman–Crippen MR) is 72.6 cm³/mol. The van der Waals surface area contributed by atoms with Crippen molar-refractivity contribution in [2.45, 2.75) is 51.2 Å². The standard InChI is InChI=1S/C15H22N2/c1-11-9-14(7-8-16-11)17-12(2)10-13-5-3-4-6-15(13)17/h3-6,11-12,14,16H,7-10H2,1-2H3. The smallest absolute Gasteiger partial charge is 0.0404 e. The summed E-state index contributed by atoms with van der Waals surface area (Å²) in [5.74, 6) is 0. The average molecular weight is 230 g/mol. The molecule has 1 fully saturated rings. The van der Waals surface area contributed by atoms with Gasteiger partial charge in [-0.25, -0.2) is 0 Å². The zero-order chi connectivity index (χ0) is 11.8. The molecule has 0 radical (unpaired) electrons. The predicted octanol–water partition coefficient (Wildman–Crippen LogP) is 2.58. The van der Waals surface area contributed by atoms with Crippen molar-refractivity contribution < 1.29 is 0 Å². The van der Waals surface area contributed by atoms with Crippen LogP contribution in [-0.2, 0) is 6.42 Å². The number of rotatable bonds is 1. The Hall–Kier alpha value is -1.02. The molecule has 0 saturated carbocycles. The summed E-state index contributed by atoms with van der Waals surface area (Å²) >= 11 is 0. The summed E-state index contributed by atoms with van der Waals surface area (Å²) in [6, 6.07) is 11.0. The monoisotopic (exact) mass is 230 g/mol. The van der Waals surface area contributed by atoms with Crippen LogP contribution in [0.1, 0.15) is 32.3 Å². The second-order valence-corrected chi connectivity index (χ2v) is 5.62. The van der Waals surface area contributed by atoms with Crippen molar-refractivity contribution in [2.75, 3.05) is 11.4 Å².